The highest BCUT2D eigenvalue weighted by atomic mass is 16.4. The Morgan fingerprint density at radius 3 is 2.48 bits per heavy atom. The summed E-state index contributed by atoms with van der Waals surface area (Å²) in [4.78, 5) is 22.7. The monoisotopic (exact) mass is 284 g/mol. The summed E-state index contributed by atoms with van der Waals surface area (Å²) in [5.41, 5.74) is 7.94. The zero-order chi connectivity index (χ0) is 15.2. The average molecular weight is 284 g/mol. The molecule has 0 aromatic heterocycles. The lowest BCUT2D eigenvalue weighted by Gasteiger charge is -2.06. The predicted molar refractivity (Wildman–Crippen MR) is 81.2 cm³/mol. The normalized spacial score (nSPS) is 10.1. The van der Waals surface area contributed by atoms with E-state index in [1.54, 1.807) is 24.3 Å². The van der Waals surface area contributed by atoms with Gasteiger partial charge < -0.3 is 16.2 Å². The van der Waals surface area contributed by atoms with Gasteiger partial charge in [0.05, 0.1) is 5.56 Å². The Labute approximate surface area is 122 Å². The van der Waals surface area contributed by atoms with E-state index in [9.17, 15) is 9.59 Å². The second kappa shape index (κ2) is 6.56. The molecule has 1 amide bonds. The molecule has 0 aliphatic heterocycles. The van der Waals surface area contributed by atoms with Gasteiger partial charge in [0, 0.05) is 17.8 Å². The molecule has 0 heterocycles. The Hall–Kier alpha value is -2.82. The maximum absolute atomic E-state index is 11.9. The number of aryl methyl sites for hydroxylation is 1. The number of nitrogen functional groups attached to an aromatic ring is 1. The lowest BCUT2D eigenvalue weighted by Crippen LogP contribution is -2.12. The summed E-state index contributed by atoms with van der Waals surface area (Å²) in [7, 11) is 0. The van der Waals surface area contributed by atoms with Crippen LogP contribution in [0.2, 0.25) is 0 Å². The molecule has 2 aromatic carbocycles. The van der Waals surface area contributed by atoms with Crippen molar-refractivity contribution in [3.63, 3.8) is 0 Å². The molecule has 0 saturated carbocycles. The predicted octanol–water partition coefficient (Wildman–Crippen LogP) is 2.54. The first kappa shape index (κ1) is 14.6. The van der Waals surface area contributed by atoms with E-state index in [2.05, 4.69) is 5.32 Å². The van der Waals surface area contributed by atoms with Gasteiger partial charge in [0.15, 0.2) is 0 Å². The first-order valence-corrected chi connectivity index (χ1v) is 6.52. The molecular weight excluding hydrogens is 268 g/mol. The second-order valence-corrected chi connectivity index (χ2v) is 4.68. The number of amides is 1. The highest BCUT2D eigenvalue weighted by Gasteiger charge is 2.06. The average Bonchev–Trinajstić information content (AvgIpc) is 2.47. The Morgan fingerprint density at radius 1 is 1.10 bits per heavy atom. The van der Waals surface area contributed by atoms with Crippen LogP contribution in [0.1, 0.15) is 22.3 Å². The van der Waals surface area contributed by atoms with E-state index >= 15 is 0 Å². The van der Waals surface area contributed by atoms with Gasteiger partial charge in [-0.1, -0.05) is 18.2 Å². The van der Waals surface area contributed by atoms with Crippen molar-refractivity contribution in [1.82, 2.24) is 0 Å². The number of carboxylic acids is 1. The molecule has 0 saturated heterocycles. The Kier molecular flexibility index (Phi) is 4.56. The number of nitrogens with two attached hydrogens (primary N) is 1. The van der Waals surface area contributed by atoms with Gasteiger partial charge in [-0.25, -0.2) is 4.79 Å². The van der Waals surface area contributed by atoms with Gasteiger partial charge in [-0.15, -0.1) is 0 Å². The fourth-order valence-electron chi connectivity index (χ4n) is 1.90. The van der Waals surface area contributed by atoms with Crippen LogP contribution in [0, 0.1) is 0 Å². The van der Waals surface area contributed by atoms with Crippen molar-refractivity contribution < 1.29 is 14.7 Å². The number of hydrogen-bond acceptors (Lipinski definition) is 3. The third kappa shape index (κ3) is 4.35. The standard InChI is InChI=1S/C16H16N2O3/c17-13-7-4-11(5-8-13)6-9-15(19)18-14-3-1-2-12(10-14)16(20)21/h1-5,7-8,10H,6,9,17H2,(H,18,19)(H,20,21). The molecule has 2 aromatic rings. The third-order valence-corrected chi connectivity index (χ3v) is 3.01. The minimum atomic E-state index is -1.02. The molecule has 0 aliphatic carbocycles. The van der Waals surface area contributed by atoms with Crippen molar-refractivity contribution >= 4 is 23.3 Å². The largest absolute Gasteiger partial charge is 0.478 e. The van der Waals surface area contributed by atoms with Crippen LogP contribution in [0.4, 0.5) is 11.4 Å². The van der Waals surface area contributed by atoms with Gasteiger partial charge in [-0.3, -0.25) is 4.79 Å². The quantitative estimate of drug-likeness (QED) is 0.736. The number of nitrogens with one attached hydrogen (secondary N) is 1. The number of carbonyl (C=O) groups excluding carboxylic acids is 1. The summed E-state index contributed by atoms with van der Waals surface area (Å²) in [6, 6.07) is 13.5. The molecule has 108 valence electrons. The molecular formula is C16H16N2O3. The number of rotatable bonds is 5. The van der Waals surface area contributed by atoms with Crippen LogP contribution >= 0.6 is 0 Å². The molecule has 0 fully saturated rings. The third-order valence-electron chi connectivity index (χ3n) is 3.01. The number of carboxylic acid groups (broad SMARTS) is 1. The summed E-state index contributed by atoms with van der Waals surface area (Å²) >= 11 is 0. The summed E-state index contributed by atoms with van der Waals surface area (Å²) in [6.45, 7) is 0. The van der Waals surface area contributed by atoms with Gasteiger partial charge in [0.2, 0.25) is 5.91 Å². The first-order valence-electron chi connectivity index (χ1n) is 6.52. The lowest BCUT2D eigenvalue weighted by molar-refractivity contribution is -0.116. The van der Waals surface area contributed by atoms with E-state index in [0.29, 0.717) is 24.2 Å². The van der Waals surface area contributed by atoms with Crippen LogP contribution in [0.3, 0.4) is 0 Å². The molecule has 0 atom stereocenters. The highest BCUT2D eigenvalue weighted by Crippen LogP contribution is 2.12. The van der Waals surface area contributed by atoms with Crippen LogP contribution in [-0.2, 0) is 11.2 Å². The second-order valence-electron chi connectivity index (χ2n) is 4.68. The lowest BCUT2D eigenvalue weighted by atomic mass is 10.1. The maximum atomic E-state index is 11.9. The molecule has 2 rings (SSSR count). The summed E-state index contributed by atoms with van der Waals surface area (Å²) in [5, 5.41) is 11.6. The van der Waals surface area contributed by atoms with Crippen LogP contribution in [0.25, 0.3) is 0 Å². The zero-order valence-electron chi connectivity index (χ0n) is 11.4. The van der Waals surface area contributed by atoms with Crippen molar-refractivity contribution in [3.05, 3.63) is 59.7 Å². The summed E-state index contributed by atoms with van der Waals surface area (Å²) < 4.78 is 0. The Bertz CT molecular complexity index is 651. The molecule has 0 spiro atoms. The van der Waals surface area contributed by atoms with Crippen LogP contribution in [0.15, 0.2) is 48.5 Å². The van der Waals surface area contributed by atoms with Crippen molar-refractivity contribution in [1.29, 1.82) is 0 Å². The van der Waals surface area contributed by atoms with Crippen molar-refractivity contribution in [3.8, 4) is 0 Å². The number of benzene rings is 2. The van der Waals surface area contributed by atoms with Crippen LogP contribution in [0.5, 0.6) is 0 Å². The van der Waals surface area contributed by atoms with E-state index in [1.165, 1.54) is 12.1 Å². The van der Waals surface area contributed by atoms with Crippen molar-refractivity contribution in [2.75, 3.05) is 11.1 Å². The molecule has 5 nitrogen and oxygen atoms in total. The molecule has 0 radical (unpaired) electrons. The SMILES string of the molecule is Nc1ccc(CCC(=O)Nc2cccc(C(=O)O)c2)cc1. The summed E-state index contributed by atoms with van der Waals surface area (Å²) in [5.74, 6) is -1.18. The van der Waals surface area contributed by atoms with Crippen LogP contribution < -0.4 is 11.1 Å². The van der Waals surface area contributed by atoms with Crippen molar-refractivity contribution in [2.45, 2.75) is 12.8 Å². The summed E-state index contributed by atoms with van der Waals surface area (Å²) in [6.07, 6.45) is 0.923. The van der Waals surface area contributed by atoms with Gasteiger partial charge in [0.1, 0.15) is 0 Å². The molecule has 0 unspecified atom stereocenters. The van der Waals surface area contributed by atoms with E-state index in [0.717, 1.165) is 5.56 Å². The van der Waals surface area contributed by atoms with Crippen LogP contribution in [-0.4, -0.2) is 17.0 Å². The number of anilines is 2. The van der Waals surface area contributed by atoms with E-state index in [1.807, 2.05) is 12.1 Å². The van der Waals surface area contributed by atoms with Gasteiger partial charge in [0.25, 0.3) is 0 Å². The number of carbonyl (C=O) groups is 2. The first-order chi connectivity index (χ1) is 10.0. The number of aromatic carboxylic acids is 1. The molecule has 4 N–H and O–H groups in total. The minimum Gasteiger partial charge on any atom is -0.478 e. The van der Waals surface area contributed by atoms with Gasteiger partial charge in [-0.2, -0.15) is 0 Å². The van der Waals surface area contributed by atoms with E-state index < -0.39 is 5.97 Å². The smallest absolute Gasteiger partial charge is 0.335 e. The topological polar surface area (TPSA) is 92.4 Å². The Balaban J connectivity index is 1.91. The Morgan fingerprint density at radius 2 is 1.81 bits per heavy atom. The van der Waals surface area contributed by atoms with Crippen molar-refractivity contribution in [2.24, 2.45) is 0 Å². The minimum absolute atomic E-state index is 0.145. The highest BCUT2D eigenvalue weighted by molar-refractivity contribution is 5.93. The van der Waals surface area contributed by atoms with E-state index in [-0.39, 0.29) is 11.5 Å². The van der Waals surface area contributed by atoms with E-state index in [4.69, 9.17) is 10.8 Å². The molecule has 21 heavy (non-hydrogen) atoms. The molecule has 0 aliphatic rings. The maximum Gasteiger partial charge on any atom is 0.335 e. The fourth-order valence-corrected chi connectivity index (χ4v) is 1.90. The van der Waals surface area contributed by atoms with Gasteiger partial charge >= 0.3 is 5.97 Å². The molecule has 5 heteroatoms. The zero-order valence-corrected chi connectivity index (χ0v) is 11.4. The van der Waals surface area contributed by atoms with Gasteiger partial charge in [-0.05, 0) is 42.3 Å². The molecule has 0 bridgehead atoms. The number of hydrogen-bond donors (Lipinski definition) is 3. The fraction of sp³-hybridized carbons (Fsp3) is 0.125.